The number of pyridine rings is 1. The smallest absolute Gasteiger partial charge is 0.339 e. The summed E-state index contributed by atoms with van der Waals surface area (Å²) in [6, 6.07) is 4.81. The van der Waals surface area contributed by atoms with Crippen LogP contribution in [0.25, 0.3) is 0 Å². The number of aromatic hydroxyl groups is 1. The van der Waals surface area contributed by atoms with Crippen LogP contribution in [0, 0.1) is 0 Å². The van der Waals surface area contributed by atoms with E-state index in [0.717, 1.165) is 16.4 Å². The second kappa shape index (κ2) is 6.61. The summed E-state index contributed by atoms with van der Waals surface area (Å²) in [6.07, 6.45) is 1.23. The molecule has 0 aliphatic rings. The van der Waals surface area contributed by atoms with E-state index in [4.69, 9.17) is 16.7 Å². The molecule has 0 aliphatic carbocycles. The minimum absolute atomic E-state index is 0.0480. The zero-order valence-corrected chi connectivity index (χ0v) is 13.7. The number of aromatic nitrogens is 1. The number of benzene rings is 1. The second-order valence-electron chi connectivity index (χ2n) is 3.98. The number of rotatable bonds is 4. The first kappa shape index (κ1) is 16.7. The average molecular weight is 407 g/mol. The molecule has 116 valence electrons. The average Bonchev–Trinajstić information content (AvgIpc) is 2.42. The molecule has 1 heterocycles. The second-order valence-corrected chi connectivity index (χ2v) is 6.00. The standard InChI is InChI=1S/C12H8BrClN2O5S/c13-9-3-7(5-15-11(9)14)16(22(20)21)6-1-2-8(12(18)19)10(17)4-6/h1-5,17H,(H,18,19)(H,20,21)/p-1. The number of halogens is 2. The van der Waals surface area contributed by atoms with E-state index < -0.39 is 23.0 Å². The van der Waals surface area contributed by atoms with Gasteiger partial charge in [0.15, 0.2) is 0 Å². The van der Waals surface area contributed by atoms with E-state index in [2.05, 4.69) is 20.9 Å². The maximum absolute atomic E-state index is 11.5. The molecule has 2 aromatic rings. The van der Waals surface area contributed by atoms with Crippen LogP contribution >= 0.6 is 27.5 Å². The van der Waals surface area contributed by atoms with E-state index in [1.165, 1.54) is 18.3 Å². The van der Waals surface area contributed by atoms with E-state index in [0.29, 0.717) is 4.47 Å². The van der Waals surface area contributed by atoms with Gasteiger partial charge in [-0.15, -0.1) is 0 Å². The molecular formula is C12H7BrClN2O5S-. The largest absolute Gasteiger partial charge is 0.755 e. The molecule has 1 aromatic heterocycles. The lowest BCUT2D eigenvalue weighted by Gasteiger charge is -2.26. The first-order valence-corrected chi connectivity index (χ1v) is 7.78. The van der Waals surface area contributed by atoms with E-state index >= 15 is 0 Å². The van der Waals surface area contributed by atoms with Crippen molar-refractivity contribution in [2.75, 3.05) is 4.31 Å². The maximum Gasteiger partial charge on any atom is 0.339 e. The van der Waals surface area contributed by atoms with Crippen molar-refractivity contribution in [3.63, 3.8) is 0 Å². The van der Waals surface area contributed by atoms with E-state index in [1.807, 2.05) is 0 Å². The van der Waals surface area contributed by atoms with Crippen LogP contribution < -0.4 is 4.31 Å². The van der Waals surface area contributed by atoms with Gasteiger partial charge in [-0.3, -0.25) is 8.51 Å². The van der Waals surface area contributed by atoms with Gasteiger partial charge in [0.25, 0.3) is 0 Å². The lowest BCUT2D eigenvalue weighted by atomic mass is 10.2. The molecule has 0 amide bonds. The summed E-state index contributed by atoms with van der Waals surface area (Å²) in [7, 11) is 0. The normalized spacial score (nSPS) is 12.0. The van der Waals surface area contributed by atoms with Crippen molar-refractivity contribution in [2.45, 2.75) is 0 Å². The Bertz CT molecular complexity index is 773. The van der Waals surface area contributed by atoms with Gasteiger partial charge < -0.3 is 14.8 Å². The van der Waals surface area contributed by atoms with Crippen molar-refractivity contribution in [3.8, 4) is 5.75 Å². The highest BCUT2D eigenvalue weighted by molar-refractivity contribution is 9.10. The fraction of sp³-hybridized carbons (Fsp3) is 0. The van der Waals surface area contributed by atoms with Crippen LogP contribution in [0.3, 0.4) is 0 Å². The topological polar surface area (TPSA) is 114 Å². The van der Waals surface area contributed by atoms with Crippen molar-refractivity contribution >= 4 is 56.1 Å². The number of carboxylic acid groups (broad SMARTS) is 1. The Labute approximate surface area is 140 Å². The van der Waals surface area contributed by atoms with Crippen molar-refractivity contribution in [3.05, 3.63) is 45.7 Å². The highest BCUT2D eigenvalue weighted by Crippen LogP contribution is 2.33. The first-order valence-electron chi connectivity index (χ1n) is 5.58. The fourth-order valence-corrected chi connectivity index (χ4v) is 2.67. The summed E-state index contributed by atoms with van der Waals surface area (Å²) >= 11 is 6.16. The lowest BCUT2D eigenvalue weighted by molar-refractivity contribution is 0.0694. The molecule has 0 bridgehead atoms. The number of phenols is 1. The van der Waals surface area contributed by atoms with Crippen LogP contribution in [0.2, 0.25) is 5.15 Å². The Hall–Kier alpha value is -1.68. The molecule has 1 atom stereocenters. The number of hydrogen-bond acceptors (Lipinski definition) is 5. The third-order valence-corrected chi connectivity index (χ3v) is 4.47. The van der Waals surface area contributed by atoms with Crippen LogP contribution in [0.4, 0.5) is 11.4 Å². The number of carbonyl (C=O) groups is 1. The predicted molar refractivity (Wildman–Crippen MR) is 83.1 cm³/mol. The molecule has 10 heteroatoms. The molecule has 1 unspecified atom stereocenters. The monoisotopic (exact) mass is 405 g/mol. The summed E-state index contributed by atoms with van der Waals surface area (Å²) in [5, 5.41) is 18.7. The third kappa shape index (κ3) is 3.38. The minimum Gasteiger partial charge on any atom is -0.755 e. The van der Waals surface area contributed by atoms with Crippen molar-refractivity contribution in [1.82, 2.24) is 4.98 Å². The molecule has 2 rings (SSSR count). The maximum atomic E-state index is 11.5. The van der Waals surface area contributed by atoms with Crippen LogP contribution in [0.5, 0.6) is 5.75 Å². The van der Waals surface area contributed by atoms with Gasteiger partial charge in [0.2, 0.25) is 0 Å². The SMILES string of the molecule is O=C(O)c1ccc(N(c2cnc(Cl)c(Br)c2)S(=O)[O-])cc1O. The molecule has 0 saturated heterocycles. The lowest BCUT2D eigenvalue weighted by Crippen LogP contribution is -2.19. The molecule has 1 aromatic carbocycles. The molecule has 0 saturated carbocycles. The quantitative estimate of drug-likeness (QED) is 0.596. The Morgan fingerprint density at radius 3 is 2.55 bits per heavy atom. The highest BCUT2D eigenvalue weighted by Gasteiger charge is 2.16. The van der Waals surface area contributed by atoms with Gasteiger partial charge in [-0.05, 0) is 34.1 Å². The van der Waals surface area contributed by atoms with Gasteiger partial charge in [-0.1, -0.05) is 11.6 Å². The number of aromatic carboxylic acids is 1. The molecular weight excluding hydrogens is 400 g/mol. The van der Waals surface area contributed by atoms with Crippen molar-refractivity contribution in [2.24, 2.45) is 0 Å². The van der Waals surface area contributed by atoms with Crippen LogP contribution in [0.1, 0.15) is 10.4 Å². The highest BCUT2D eigenvalue weighted by atomic mass is 79.9. The molecule has 0 radical (unpaired) electrons. The zero-order valence-electron chi connectivity index (χ0n) is 10.6. The predicted octanol–water partition coefficient (Wildman–Crippen LogP) is 2.83. The number of hydrogen-bond donors (Lipinski definition) is 2. The molecule has 0 spiro atoms. The Morgan fingerprint density at radius 1 is 1.36 bits per heavy atom. The summed E-state index contributed by atoms with van der Waals surface area (Å²) in [5.74, 6) is -1.88. The molecule has 0 aliphatic heterocycles. The molecule has 7 nitrogen and oxygen atoms in total. The number of carboxylic acids is 1. The number of nitrogens with zero attached hydrogens (tertiary/aromatic N) is 2. The van der Waals surface area contributed by atoms with Gasteiger partial charge in [0.1, 0.15) is 16.5 Å². The van der Waals surface area contributed by atoms with Gasteiger partial charge in [0.05, 0.1) is 33.3 Å². The minimum atomic E-state index is -2.72. The Balaban J connectivity index is 2.53. The van der Waals surface area contributed by atoms with Crippen LogP contribution in [-0.2, 0) is 11.3 Å². The van der Waals surface area contributed by atoms with E-state index in [1.54, 1.807) is 0 Å². The molecule has 0 fully saturated rings. The van der Waals surface area contributed by atoms with Crippen molar-refractivity contribution in [1.29, 1.82) is 0 Å². The summed E-state index contributed by atoms with van der Waals surface area (Å²) in [5.41, 5.74) is -0.130. The van der Waals surface area contributed by atoms with Gasteiger partial charge in [-0.2, -0.15) is 0 Å². The zero-order chi connectivity index (χ0) is 16.4. The van der Waals surface area contributed by atoms with Gasteiger partial charge in [-0.25, -0.2) is 9.78 Å². The fourth-order valence-electron chi connectivity index (χ4n) is 1.67. The summed E-state index contributed by atoms with van der Waals surface area (Å²) < 4.78 is 24.2. The Kier molecular flexibility index (Phi) is 5.01. The first-order chi connectivity index (χ1) is 10.3. The molecule has 2 N–H and O–H groups in total. The van der Waals surface area contributed by atoms with Crippen molar-refractivity contribution < 1.29 is 23.8 Å². The summed E-state index contributed by atoms with van der Waals surface area (Å²) in [4.78, 5) is 14.7. The Morgan fingerprint density at radius 2 is 2.05 bits per heavy atom. The van der Waals surface area contributed by atoms with E-state index in [9.17, 15) is 18.7 Å². The van der Waals surface area contributed by atoms with Crippen LogP contribution in [0.15, 0.2) is 34.9 Å². The van der Waals surface area contributed by atoms with Gasteiger partial charge >= 0.3 is 5.97 Å². The molecule has 22 heavy (non-hydrogen) atoms. The number of anilines is 2. The van der Waals surface area contributed by atoms with Gasteiger partial charge in [0, 0.05) is 6.07 Å². The van der Waals surface area contributed by atoms with E-state index in [-0.39, 0.29) is 22.1 Å². The van der Waals surface area contributed by atoms with Crippen LogP contribution in [-0.4, -0.2) is 29.9 Å². The third-order valence-electron chi connectivity index (χ3n) is 2.61. The summed E-state index contributed by atoms with van der Waals surface area (Å²) in [6.45, 7) is 0.